The summed E-state index contributed by atoms with van der Waals surface area (Å²) in [5.74, 6) is 0.325. The van der Waals surface area contributed by atoms with Crippen molar-refractivity contribution in [2.24, 2.45) is 0 Å². The van der Waals surface area contributed by atoms with Gasteiger partial charge in [-0.2, -0.15) is 0 Å². The van der Waals surface area contributed by atoms with E-state index in [1.807, 2.05) is 19.1 Å². The minimum absolute atomic E-state index is 0.140. The maximum Gasteiger partial charge on any atom is 0.244 e. The lowest BCUT2D eigenvalue weighted by atomic mass is 10.2. The molecule has 0 spiro atoms. The maximum absolute atomic E-state index is 12.5. The molecule has 1 aromatic heterocycles. The molecule has 21 heavy (non-hydrogen) atoms. The lowest BCUT2D eigenvalue weighted by molar-refractivity contribution is 0.402. The van der Waals surface area contributed by atoms with Crippen LogP contribution in [0.1, 0.15) is 24.1 Å². The summed E-state index contributed by atoms with van der Waals surface area (Å²) in [7, 11) is -2.22. The number of methoxy groups -OCH3 is 1. The van der Waals surface area contributed by atoms with E-state index in [2.05, 4.69) is 9.71 Å². The standard InChI is InChI=1S/C15H18N2O3S/c1-11-6-7-14(20-3)15(9-11)21(18,19)17-12(2)13-5-4-8-16-10-13/h4-10,12,17H,1-3H3. The number of aromatic nitrogens is 1. The van der Waals surface area contributed by atoms with E-state index < -0.39 is 10.0 Å². The van der Waals surface area contributed by atoms with Crippen LogP contribution in [0.5, 0.6) is 5.75 Å². The van der Waals surface area contributed by atoms with Crippen LogP contribution in [0.3, 0.4) is 0 Å². The smallest absolute Gasteiger partial charge is 0.244 e. The summed E-state index contributed by atoms with van der Waals surface area (Å²) in [6, 6.07) is 8.27. The van der Waals surface area contributed by atoms with Gasteiger partial charge in [0.05, 0.1) is 7.11 Å². The molecule has 0 aliphatic rings. The molecule has 0 radical (unpaired) electrons. The molecule has 0 amide bonds. The highest BCUT2D eigenvalue weighted by atomic mass is 32.2. The minimum atomic E-state index is -3.68. The molecule has 0 aliphatic carbocycles. The Hall–Kier alpha value is -1.92. The molecule has 2 rings (SSSR count). The minimum Gasteiger partial charge on any atom is -0.495 e. The quantitative estimate of drug-likeness (QED) is 0.921. The van der Waals surface area contributed by atoms with Crippen LogP contribution in [-0.4, -0.2) is 20.5 Å². The van der Waals surface area contributed by atoms with E-state index in [4.69, 9.17) is 4.74 Å². The van der Waals surface area contributed by atoms with Crippen LogP contribution in [0.25, 0.3) is 0 Å². The molecule has 5 nitrogen and oxygen atoms in total. The first-order valence-electron chi connectivity index (χ1n) is 6.51. The van der Waals surface area contributed by atoms with E-state index in [-0.39, 0.29) is 10.9 Å². The predicted octanol–water partition coefficient (Wildman–Crippen LogP) is 2.44. The summed E-state index contributed by atoms with van der Waals surface area (Å²) < 4.78 is 32.9. The first kappa shape index (κ1) is 15.5. The largest absolute Gasteiger partial charge is 0.495 e. The van der Waals surface area contributed by atoms with Crippen molar-refractivity contribution >= 4 is 10.0 Å². The van der Waals surface area contributed by atoms with Gasteiger partial charge in [-0.25, -0.2) is 13.1 Å². The van der Waals surface area contributed by atoms with Crippen LogP contribution in [0.15, 0.2) is 47.6 Å². The lowest BCUT2D eigenvalue weighted by Gasteiger charge is -2.16. The van der Waals surface area contributed by atoms with Crippen LogP contribution < -0.4 is 9.46 Å². The van der Waals surface area contributed by atoms with Gasteiger partial charge in [0.25, 0.3) is 0 Å². The van der Waals surface area contributed by atoms with Crippen molar-refractivity contribution in [3.8, 4) is 5.75 Å². The molecule has 1 heterocycles. The number of nitrogens with zero attached hydrogens (tertiary/aromatic N) is 1. The van der Waals surface area contributed by atoms with E-state index in [1.165, 1.54) is 7.11 Å². The van der Waals surface area contributed by atoms with Crippen LogP contribution >= 0.6 is 0 Å². The molecule has 0 saturated heterocycles. The molecule has 112 valence electrons. The third-order valence-electron chi connectivity index (χ3n) is 3.12. The number of hydrogen-bond donors (Lipinski definition) is 1. The molecule has 0 fully saturated rings. The van der Waals surface area contributed by atoms with Gasteiger partial charge in [-0.1, -0.05) is 12.1 Å². The Balaban J connectivity index is 2.33. The van der Waals surface area contributed by atoms with Crippen molar-refractivity contribution < 1.29 is 13.2 Å². The maximum atomic E-state index is 12.5. The summed E-state index contributed by atoms with van der Waals surface area (Å²) >= 11 is 0. The van der Waals surface area contributed by atoms with Crippen LogP contribution in [0, 0.1) is 6.92 Å². The average molecular weight is 306 g/mol. The summed E-state index contributed by atoms with van der Waals surface area (Å²) in [4.78, 5) is 4.14. The summed E-state index contributed by atoms with van der Waals surface area (Å²) in [6.07, 6.45) is 3.29. The fourth-order valence-electron chi connectivity index (χ4n) is 1.99. The summed E-state index contributed by atoms with van der Waals surface area (Å²) in [6.45, 7) is 3.61. The molecule has 0 bridgehead atoms. The second kappa shape index (κ2) is 6.24. The van der Waals surface area contributed by atoms with Gasteiger partial charge in [0.15, 0.2) is 0 Å². The fraction of sp³-hybridized carbons (Fsp3) is 0.267. The van der Waals surface area contributed by atoms with Gasteiger partial charge in [0, 0.05) is 18.4 Å². The number of nitrogens with one attached hydrogen (secondary N) is 1. The third kappa shape index (κ3) is 3.59. The molecule has 1 unspecified atom stereocenters. The first-order valence-corrected chi connectivity index (χ1v) is 7.99. The van der Waals surface area contributed by atoms with Crippen LogP contribution in [0.2, 0.25) is 0 Å². The molecular weight excluding hydrogens is 288 g/mol. The average Bonchev–Trinajstić information content (AvgIpc) is 2.47. The summed E-state index contributed by atoms with van der Waals surface area (Å²) in [5, 5.41) is 0. The zero-order valence-electron chi connectivity index (χ0n) is 12.2. The number of sulfonamides is 1. The van der Waals surface area contributed by atoms with Gasteiger partial charge in [-0.05, 0) is 43.2 Å². The van der Waals surface area contributed by atoms with E-state index in [1.54, 1.807) is 37.5 Å². The number of benzene rings is 1. The van der Waals surface area contributed by atoms with Crippen molar-refractivity contribution in [2.75, 3.05) is 7.11 Å². The Morgan fingerprint density at radius 2 is 2.05 bits per heavy atom. The van der Waals surface area contributed by atoms with Crippen molar-refractivity contribution in [2.45, 2.75) is 24.8 Å². The number of rotatable bonds is 5. The Bertz CT molecular complexity index is 715. The normalized spacial score (nSPS) is 12.9. The molecule has 6 heteroatoms. The van der Waals surface area contributed by atoms with Crippen molar-refractivity contribution in [3.05, 3.63) is 53.9 Å². The number of ether oxygens (including phenoxy) is 1. The van der Waals surface area contributed by atoms with E-state index >= 15 is 0 Å². The van der Waals surface area contributed by atoms with E-state index in [9.17, 15) is 8.42 Å². The summed E-state index contributed by atoms with van der Waals surface area (Å²) in [5.41, 5.74) is 1.65. The van der Waals surface area contributed by atoms with Gasteiger partial charge in [0.1, 0.15) is 10.6 Å². The van der Waals surface area contributed by atoms with E-state index in [0.717, 1.165) is 11.1 Å². The lowest BCUT2D eigenvalue weighted by Crippen LogP contribution is -2.27. The van der Waals surface area contributed by atoms with Crippen molar-refractivity contribution in [3.63, 3.8) is 0 Å². The van der Waals surface area contributed by atoms with E-state index in [0.29, 0.717) is 5.75 Å². The topological polar surface area (TPSA) is 68.3 Å². The first-order chi connectivity index (χ1) is 9.94. The molecule has 1 aromatic carbocycles. The number of pyridine rings is 1. The molecule has 0 saturated carbocycles. The molecule has 0 aliphatic heterocycles. The van der Waals surface area contributed by atoms with Crippen molar-refractivity contribution in [1.82, 2.24) is 9.71 Å². The highest BCUT2D eigenvalue weighted by Gasteiger charge is 2.22. The predicted molar refractivity (Wildman–Crippen MR) is 80.7 cm³/mol. The number of hydrogen-bond acceptors (Lipinski definition) is 4. The highest BCUT2D eigenvalue weighted by molar-refractivity contribution is 7.89. The second-order valence-corrected chi connectivity index (χ2v) is 6.47. The van der Waals surface area contributed by atoms with Crippen molar-refractivity contribution in [1.29, 1.82) is 0 Å². The van der Waals surface area contributed by atoms with Gasteiger partial charge < -0.3 is 4.74 Å². The Morgan fingerprint density at radius 1 is 1.29 bits per heavy atom. The molecule has 1 N–H and O–H groups in total. The van der Waals surface area contributed by atoms with Crippen LogP contribution in [-0.2, 0) is 10.0 Å². The highest BCUT2D eigenvalue weighted by Crippen LogP contribution is 2.26. The zero-order valence-corrected chi connectivity index (χ0v) is 13.0. The monoisotopic (exact) mass is 306 g/mol. The molecular formula is C15H18N2O3S. The Labute approximate surface area is 125 Å². The van der Waals surface area contributed by atoms with Gasteiger partial charge in [0.2, 0.25) is 10.0 Å². The second-order valence-electron chi connectivity index (χ2n) is 4.78. The molecule has 2 aromatic rings. The SMILES string of the molecule is COc1ccc(C)cc1S(=O)(=O)NC(C)c1cccnc1. The Kier molecular flexibility index (Phi) is 4.59. The third-order valence-corrected chi connectivity index (χ3v) is 4.69. The van der Waals surface area contributed by atoms with Crippen LogP contribution in [0.4, 0.5) is 0 Å². The van der Waals surface area contributed by atoms with Gasteiger partial charge >= 0.3 is 0 Å². The zero-order chi connectivity index (χ0) is 15.5. The Morgan fingerprint density at radius 3 is 2.67 bits per heavy atom. The van der Waals surface area contributed by atoms with Gasteiger partial charge in [-0.3, -0.25) is 4.98 Å². The molecule has 1 atom stereocenters. The fourth-order valence-corrected chi connectivity index (χ4v) is 3.48. The number of aryl methyl sites for hydroxylation is 1. The van der Waals surface area contributed by atoms with Gasteiger partial charge in [-0.15, -0.1) is 0 Å².